The third kappa shape index (κ3) is 3.85. The summed E-state index contributed by atoms with van der Waals surface area (Å²) in [5.74, 6) is -2.90. The van der Waals surface area contributed by atoms with E-state index >= 15 is 0 Å². The van der Waals surface area contributed by atoms with Crippen molar-refractivity contribution >= 4 is 34.6 Å². The standard InChI is InChI=1S/C5H12NO3PS2/c1-5(7)6(2)12-10(8,9-3)11-4/h1-4H3. The SMILES string of the molecule is COP(=O)(SC)SN(C)C(C)=O. The van der Waals surface area contributed by atoms with E-state index in [4.69, 9.17) is 4.52 Å². The Bertz CT molecular complexity index is 203. The first-order chi connectivity index (χ1) is 5.45. The van der Waals surface area contributed by atoms with Gasteiger partial charge in [-0.25, -0.2) is 0 Å². The van der Waals surface area contributed by atoms with Gasteiger partial charge in [0.15, 0.2) is 0 Å². The highest BCUT2D eigenvalue weighted by atomic mass is 33.1. The summed E-state index contributed by atoms with van der Waals surface area (Å²) in [6.45, 7) is 1.41. The maximum Gasteiger partial charge on any atom is 0.332 e. The number of carbonyl (C=O) groups is 1. The third-order valence-electron chi connectivity index (χ3n) is 1.11. The van der Waals surface area contributed by atoms with E-state index in [0.29, 0.717) is 0 Å². The molecule has 0 fully saturated rings. The quantitative estimate of drug-likeness (QED) is 0.546. The maximum absolute atomic E-state index is 11.6. The van der Waals surface area contributed by atoms with E-state index in [1.807, 2.05) is 0 Å². The summed E-state index contributed by atoms with van der Waals surface area (Å²) in [5.41, 5.74) is 0. The van der Waals surface area contributed by atoms with E-state index in [1.54, 1.807) is 13.3 Å². The first-order valence-electron chi connectivity index (χ1n) is 3.10. The van der Waals surface area contributed by atoms with Crippen LogP contribution in [0.3, 0.4) is 0 Å². The van der Waals surface area contributed by atoms with Crippen molar-refractivity contribution in [2.75, 3.05) is 20.4 Å². The van der Waals surface area contributed by atoms with Crippen LogP contribution in [0.4, 0.5) is 0 Å². The molecule has 0 rings (SSSR count). The molecule has 0 aromatic heterocycles. The molecule has 1 amide bonds. The molecule has 0 saturated carbocycles. The molecule has 0 aromatic carbocycles. The van der Waals surface area contributed by atoms with Gasteiger partial charge in [-0.3, -0.25) is 13.7 Å². The van der Waals surface area contributed by atoms with Gasteiger partial charge in [0.05, 0.1) is 11.6 Å². The Morgan fingerprint density at radius 2 is 2.08 bits per heavy atom. The molecule has 4 nitrogen and oxygen atoms in total. The molecule has 12 heavy (non-hydrogen) atoms. The lowest BCUT2D eigenvalue weighted by Crippen LogP contribution is -2.14. The summed E-state index contributed by atoms with van der Waals surface area (Å²) in [6, 6.07) is 0. The van der Waals surface area contributed by atoms with Crippen molar-refractivity contribution in [2.45, 2.75) is 6.92 Å². The van der Waals surface area contributed by atoms with Gasteiger partial charge < -0.3 is 4.52 Å². The Morgan fingerprint density at radius 3 is 2.33 bits per heavy atom. The second-order valence-electron chi connectivity index (χ2n) is 1.91. The molecule has 0 bridgehead atoms. The zero-order valence-corrected chi connectivity index (χ0v) is 9.96. The van der Waals surface area contributed by atoms with Crippen LogP contribution in [-0.4, -0.2) is 30.6 Å². The summed E-state index contributed by atoms with van der Waals surface area (Å²) >= 11 is 2.06. The molecular formula is C5H12NO3PS2. The normalized spacial score (nSPS) is 15.3. The monoisotopic (exact) mass is 229 g/mol. The lowest BCUT2D eigenvalue weighted by Gasteiger charge is -2.18. The highest BCUT2D eigenvalue weighted by Crippen LogP contribution is 2.68. The first-order valence-corrected chi connectivity index (χ1v) is 7.94. The van der Waals surface area contributed by atoms with Gasteiger partial charge in [-0.2, -0.15) is 0 Å². The molecule has 0 spiro atoms. The van der Waals surface area contributed by atoms with Gasteiger partial charge in [0.2, 0.25) is 5.91 Å². The lowest BCUT2D eigenvalue weighted by molar-refractivity contribution is -0.122. The van der Waals surface area contributed by atoms with E-state index in [2.05, 4.69) is 0 Å². The van der Waals surface area contributed by atoms with Crippen molar-refractivity contribution in [1.82, 2.24) is 4.31 Å². The minimum absolute atomic E-state index is 0.147. The fourth-order valence-electron chi connectivity index (χ4n) is 0.349. The van der Waals surface area contributed by atoms with E-state index in [9.17, 15) is 9.36 Å². The molecule has 0 N–H and O–H groups in total. The first kappa shape index (κ1) is 12.4. The molecule has 0 aromatic rings. The van der Waals surface area contributed by atoms with E-state index < -0.39 is 5.77 Å². The number of nitrogens with zero attached hydrogens (tertiary/aromatic N) is 1. The highest BCUT2D eigenvalue weighted by Gasteiger charge is 2.25. The smallest absolute Gasteiger partial charge is 0.316 e. The van der Waals surface area contributed by atoms with Crippen LogP contribution in [0.15, 0.2) is 0 Å². The van der Waals surface area contributed by atoms with Gasteiger partial charge in [0.25, 0.3) is 0 Å². The molecule has 0 heterocycles. The number of hydrogen-bond donors (Lipinski definition) is 0. The maximum atomic E-state index is 11.6. The molecule has 0 aliphatic rings. The van der Waals surface area contributed by atoms with Crippen molar-refractivity contribution in [3.63, 3.8) is 0 Å². The third-order valence-corrected chi connectivity index (χ3v) is 8.22. The summed E-state index contributed by atoms with van der Waals surface area (Å²) < 4.78 is 17.7. The number of rotatable bonds is 4. The Kier molecular flexibility index (Phi) is 5.32. The number of amides is 1. The minimum atomic E-state index is -2.75. The van der Waals surface area contributed by atoms with Crippen LogP contribution in [0, 0.1) is 0 Å². The molecule has 0 aliphatic carbocycles. The Balaban J connectivity index is 4.22. The van der Waals surface area contributed by atoms with Crippen LogP contribution in [0.1, 0.15) is 6.92 Å². The largest absolute Gasteiger partial charge is 0.332 e. The van der Waals surface area contributed by atoms with Crippen molar-refractivity contribution in [3.8, 4) is 0 Å². The van der Waals surface area contributed by atoms with Gasteiger partial charge in [-0.1, -0.05) is 11.4 Å². The van der Waals surface area contributed by atoms with Crippen molar-refractivity contribution < 1.29 is 13.9 Å². The highest BCUT2D eigenvalue weighted by molar-refractivity contribution is 8.88. The lowest BCUT2D eigenvalue weighted by atomic mass is 10.7. The number of carbonyl (C=O) groups excluding carboxylic acids is 1. The van der Waals surface area contributed by atoms with Gasteiger partial charge in [-0.05, 0) is 6.26 Å². The second-order valence-corrected chi connectivity index (χ2v) is 9.41. The Morgan fingerprint density at radius 1 is 1.58 bits per heavy atom. The van der Waals surface area contributed by atoms with Gasteiger partial charge in [0.1, 0.15) is 0 Å². The van der Waals surface area contributed by atoms with Crippen LogP contribution in [0.2, 0.25) is 0 Å². The van der Waals surface area contributed by atoms with Crippen molar-refractivity contribution in [2.24, 2.45) is 0 Å². The van der Waals surface area contributed by atoms with Crippen LogP contribution in [0.5, 0.6) is 0 Å². The average molecular weight is 229 g/mol. The predicted octanol–water partition coefficient (Wildman–Crippen LogP) is 2.23. The van der Waals surface area contributed by atoms with Gasteiger partial charge in [-0.15, -0.1) is 0 Å². The molecule has 0 radical (unpaired) electrons. The topological polar surface area (TPSA) is 46.6 Å². The van der Waals surface area contributed by atoms with Crippen molar-refractivity contribution in [3.05, 3.63) is 0 Å². The molecule has 7 heteroatoms. The molecule has 1 unspecified atom stereocenters. The summed E-state index contributed by atoms with van der Waals surface area (Å²) in [7, 11) is 2.94. The molecule has 0 aliphatic heterocycles. The van der Waals surface area contributed by atoms with Gasteiger partial charge in [0, 0.05) is 21.1 Å². The summed E-state index contributed by atoms with van der Waals surface area (Å²) in [4.78, 5) is 10.8. The fraction of sp³-hybridized carbons (Fsp3) is 0.800. The predicted molar refractivity (Wildman–Crippen MR) is 54.2 cm³/mol. The summed E-state index contributed by atoms with van der Waals surface area (Å²) in [5, 5.41) is 0. The summed E-state index contributed by atoms with van der Waals surface area (Å²) in [6.07, 6.45) is 1.69. The van der Waals surface area contributed by atoms with E-state index in [1.165, 1.54) is 18.3 Å². The average Bonchev–Trinajstić information content (AvgIpc) is 2.04. The van der Waals surface area contributed by atoms with E-state index in [0.717, 1.165) is 22.9 Å². The Labute approximate surface area is 80.5 Å². The molecule has 72 valence electrons. The van der Waals surface area contributed by atoms with Crippen LogP contribution in [-0.2, 0) is 13.9 Å². The van der Waals surface area contributed by atoms with Crippen LogP contribution < -0.4 is 0 Å². The Hall–Kier alpha value is 0.360. The number of hydrogen-bond acceptors (Lipinski definition) is 5. The molecular weight excluding hydrogens is 217 g/mol. The van der Waals surface area contributed by atoms with E-state index in [-0.39, 0.29) is 5.91 Å². The zero-order chi connectivity index (χ0) is 9.78. The van der Waals surface area contributed by atoms with Gasteiger partial charge >= 0.3 is 5.77 Å². The van der Waals surface area contributed by atoms with Crippen molar-refractivity contribution in [1.29, 1.82) is 0 Å². The molecule has 0 saturated heterocycles. The fourth-order valence-corrected chi connectivity index (χ4v) is 4.64. The zero-order valence-electron chi connectivity index (χ0n) is 7.44. The van der Waals surface area contributed by atoms with Crippen LogP contribution in [0.25, 0.3) is 0 Å². The van der Waals surface area contributed by atoms with Crippen LogP contribution >= 0.6 is 28.7 Å². The second kappa shape index (κ2) is 5.17. The minimum Gasteiger partial charge on any atom is -0.316 e. The molecule has 1 atom stereocenters.